The van der Waals surface area contributed by atoms with Gasteiger partial charge in [0, 0.05) is 12.1 Å². The van der Waals surface area contributed by atoms with Gasteiger partial charge >= 0.3 is 0 Å². The van der Waals surface area contributed by atoms with Gasteiger partial charge in [-0.3, -0.25) is 0 Å². The van der Waals surface area contributed by atoms with Gasteiger partial charge in [-0.25, -0.2) is 4.39 Å². The van der Waals surface area contributed by atoms with Gasteiger partial charge < -0.3 is 5.32 Å². The quantitative estimate of drug-likeness (QED) is 0.830. The molecule has 1 N–H and O–H groups in total. The SMILES string of the molecule is CC(N[C@H](C)c1cccc(F)c1)C1CCCC1. The summed E-state index contributed by atoms with van der Waals surface area (Å²) in [4.78, 5) is 0. The van der Waals surface area contributed by atoms with Gasteiger partial charge in [0.1, 0.15) is 5.82 Å². The molecular weight excluding hydrogens is 213 g/mol. The van der Waals surface area contributed by atoms with Crippen molar-refractivity contribution in [3.05, 3.63) is 35.6 Å². The van der Waals surface area contributed by atoms with Crippen LogP contribution in [-0.2, 0) is 0 Å². The Morgan fingerprint density at radius 1 is 1.24 bits per heavy atom. The summed E-state index contributed by atoms with van der Waals surface area (Å²) in [6, 6.07) is 7.64. The minimum absolute atomic E-state index is 0.148. The van der Waals surface area contributed by atoms with E-state index in [4.69, 9.17) is 0 Å². The standard InChI is InChI=1S/C15H22FN/c1-11(13-6-3-4-7-13)17-12(2)14-8-5-9-15(16)10-14/h5,8-13,17H,3-4,6-7H2,1-2H3/t11?,12-/m1/s1. The summed E-state index contributed by atoms with van der Waals surface area (Å²) in [7, 11) is 0. The summed E-state index contributed by atoms with van der Waals surface area (Å²) in [5.41, 5.74) is 1.04. The van der Waals surface area contributed by atoms with E-state index >= 15 is 0 Å². The molecule has 0 spiro atoms. The molecule has 0 bridgehead atoms. The number of hydrogen-bond donors (Lipinski definition) is 1. The predicted octanol–water partition coefficient (Wildman–Crippen LogP) is 4.06. The molecule has 1 aromatic rings. The van der Waals surface area contributed by atoms with E-state index in [0.717, 1.165) is 11.5 Å². The number of hydrogen-bond acceptors (Lipinski definition) is 1. The molecule has 0 saturated heterocycles. The second-order valence-electron chi connectivity index (χ2n) is 5.28. The normalized spacial score (nSPS) is 20.4. The molecule has 1 aliphatic rings. The van der Waals surface area contributed by atoms with Crippen LogP contribution in [0.15, 0.2) is 24.3 Å². The zero-order valence-electron chi connectivity index (χ0n) is 10.7. The number of halogens is 1. The zero-order valence-corrected chi connectivity index (χ0v) is 10.7. The topological polar surface area (TPSA) is 12.0 Å². The first kappa shape index (κ1) is 12.6. The fraction of sp³-hybridized carbons (Fsp3) is 0.600. The van der Waals surface area contributed by atoms with Gasteiger partial charge in [-0.1, -0.05) is 25.0 Å². The molecule has 1 aliphatic carbocycles. The Kier molecular flexibility index (Phi) is 4.16. The Bertz CT molecular complexity index is 358. The maximum Gasteiger partial charge on any atom is 0.123 e. The highest BCUT2D eigenvalue weighted by molar-refractivity contribution is 5.19. The molecule has 0 heterocycles. The van der Waals surface area contributed by atoms with Crippen LogP contribution in [0.1, 0.15) is 51.1 Å². The Labute approximate surface area is 103 Å². The van der Waals surface area contributed by atoms with Crippen molar-refractivity contribution in [3.63, 3.8) is 0 Å². The second kappa shape index (κ2) is 5.63. The Balaban J connectivity index is 1.93. The van der Waals surface area contributed by atoms with E-state index < -0.39 is 0 Å². The number of benzene rings is 1. The van der Waals surface area contributed by atoms with Crippen molar-refractivity contribution in [1.82, 2.24) is 5.32 Å². The fourth-order valence-corrected chi connectivity index (χ4v) is 2.86. The third kappa shape index (κ3) is 3.29. The van der Waals surface area contributed by atoms with Crippen LogP contribution in [-0.4, -0.2) is 6.04 Å². The van der Waals surface area contributed by atoms with Gasteiger partial charge in [0.05, 0.1) is 0 Å². The molecule has 1 aromatic carbocycles. The largest absolute Gasteiger partial charge is 0.307 e. The highest BCUT2D eigenvalue weighted by atomic mass is 19.1. The van der Waals surface area contributed by atoms with Gasteiger partial charge in [-0.05, 0) is 50.3 Å². The average Bonchev–Trinajstić information content (AvgIpc) is 2.82. The van der Waals surface area contributed by atoms with Gasteiger partial charge in [-0.15, -0.1) is 0 Å². The second-order valence-corrected chi connectivity index (χ2v) is 5.28. The summed E-state index contributed by atoms with van der Waals surface area (Å²) in [6.07, 6.45) is 5.41. The molecule has 1 nitrogen and oxygen atoms in total. The van der Waals surface area contributed by atoms with Crippen molar-refractivity contribution in [1.29, 1.82) is 0 Å². The van der Waals surface area contributed by atoms with Crippen molar-refractivity contribution < 1.29 is 4.39 Å². The molecule has 17 heavy (non-hydrogen) atoms. The summed E-state index contributed by atoms with van der Waals surface area (Å²) < 4.78 is 13.1. The maximum atomic E-state index is 13.1. The molecule has 0 amide bonds. The lowest BCUT2D eigenvalue weighted by atomic mass is 9.98. The van der Waals surface area contributed by atoms with Crippen LogP contribution in [0.4, 0.5) is 4.39 Å². The molecule has 0 aromatic heterocycles. The lowest BCUT2D eigenvalue weighted by molar-refractivity contribution is 0.352. The third-order valence-corrected chi connectivity index (χ3v) is 3.97. The Morgan fingerprint density at radius 3 is 2.59 bits per heavy atom. The third-order valence-electron chi connectivity index (χ3n) is 3.97. The van der Waals surface area contributed by atoms with Crippen molar-refractivity contribution in [2.24, 2.45) is 5.92 Å². The molecule has 2 heteroatoms. The molecule has 0 aliphatic heterocycles. The van der Waals surface area contributed by atoms with Crippen LogP contribution in [0.3, 0.4) is 0 Å². The number of rotatable bonds is 4. The fourth-order valence-electron chi connectivity index (χ4n) is 2.86. The van der Waals surface area contributed by atoms with Crippen LogP contribution in [0.5, 0.6) is 0 Å². The van der Waals surface area contributed by atoms with Crippen molar-refractivity contribution in [3.8, 4) is 0 Å². The highest BCUT2D eigenvalue weighted by Crippen LogP contribution is 2.28. The molecule has 94 valence electrons. The van der Waals surface area contributed by atoms with Gasteiger partial charge in [0.15, 0.2) is 0 Å². The van der Waals surface area contributed by atoms with E-state index in [1.54, 1.807) is 12.1 Å². The average molecular weight is 235 g/mol. The maximum absolute atomic E-state index is 13.1. The lowest BCUT2D eigenvalue weighted by Gasteiger charge is -2.25. The predicted molar refractivity (Wildman–Crippen MR) is 69.4 cm³/mol. The van der Waals surface area contributed by atoms with Crippen molar-refractivity contribution in [2.75, 3.05) is 0 Å². The van der Waals surface area contributed by atoms with E-state index in [1.807, 2.05) is 6.07 Å². The first-order valence-corrected chi connectivity index (χ1v) is 6.68. The molecule has 2 rings (SSSR count). The monoisotopic (exact) mass is 235 g/mol. The summed E-state index contributed by atoms with van der Waals surface area (Å²) >= 11 is 0. The van der Waals surface area contributed by atoms with Gasteiger partial charge in [-0.2, -0.15) is 0 Å². The van der Waals surface area contributed by atoms with E-state index in [9.17, 15) is 4.39 Å². The smallest absolute Gasteiger partial charge is 0.123 e. The van der Waals surface area contributed by atoms with E-state index in [-0.39, 0.29) is 11.9 Å². The highest BCUT2D eigenvalue weighted by Gasteiger charge is 2.22. The molecule has 1 saturated carbocycles. The van der Waals surface area contributed by atoms with Crippen LogP contribution in [0.25, 0.3) is 0 Å². The van der Waals surface area contributed by atoms with Crippen LogP contribution < -0.4 is 5.32 Å². The van der Waals surface area contributed by atoms with Crippen molar-refractivity contribution >= 4 is 0 Å². The van der Waals surface area contributed by atoms with Gasteiger partial charge in [0.25, 0.3) is 0 Å². The summed E-state index contributed by atoms with van der Waals surface area (Å²) in [5.74, 6) is 0.649. The minimum Gasteiger partial charge on any atom is -0.307 e. The molecule has 1 fully saturated rings. The van der Waals surface area contributed by atoms with E-state index in [1.165, 1.54) is 31.7 Å². The summed E-state index contributed by atoms with van der Waals surface area (Å²) in [6.45, 7) is 4.37. The number of nitrogens with one attached hydrogen (secondary N) is 1. The Morgan fingerprint density at radius 2 is 1.94 bits per heavy atom. The molecule has 2 atom stereocenters. The molecular formula is C15H22FN. The lowest BCUT2D eigenvalue weighted by Crippen LogP contribution is -2.34. The van der Waals surface area contributed by atoms with Crippen LogP contribution in [0.2, 0.25) is 0 Å². The van der Waals surface area contributed by atoms with E-state index in [2.05, 4.69) is 19.2 Å². The van der Waals surface area contributed by atoms with Crippen molar-refractivity contribution in [2.45, 2.75) is 51.6 Å². The molecule has 0 radical (unpaired) electrons. The zero-order chi connectivity index (χ0) is 12.3. The van der Waals surface area contributed by atoms with E-state index in [0.29, 0.717) is 6.04 Å². The van der Waals surface area contributed by atoms with Crippen LogP contribution in [0, 0.1) is 11.7 Å². The Hall–Kier alpha value is -0.890. The first-order chi connectivity index (χ1) is 8.16. The molecule has 1 unspecified atom stereocenters. The first-order valence-electron chi connectivity index (χ1n) is 6.68. The minimum atomic E-state index is -0.148. The van der Waals surface area contributed by atoms with Gasteiger partial charge in [0.2, 0.25) is 0 Å². The van der Waals surface area contributed by atoms with Crippen LogP contribution >= 0.6 is 0 Å². The summed E-state index contributed by atoms with van der Waals surface area (Å²) in [5, 5.41) is 3.60.